The molecule has 12 heavy (non-hydrogen) atoms. The molecule has 0 radical (unpaired) electrons. The molecule has 0 heterocycles. The normalized spacial score (nSPS) is 18.8. The molecule has 0 aliphatic rings. The van der Waals surface area contributed by atoms with Gasteiger partial charge in [0.25, 0.3) is 0 Å². The summed E-state index contributed by atoms with van der Waals surface area (Å²) in [4.78, 5) is 0. The Morgan fingerprint density at radius 2 is 1.83 bits per heavy atom. The van der Waals surface area contributed by atoms with Crippen LogP contribution in [-0.4, -0.2) is 24.7 Å². The zero-order chi connectivity index (χ0) is 9.56. The van der Waals surface area contributed by atoms with Crippen molar-refractivity contribution in [2.75, 3.05) is 6.54 Å². The van der Waals surface area contributed by atoms with Gasteiger partial charge in [0.15, 0.2) is 0 Å². The number of nitrogens with one attached hydrogen (secondary N) is 1. The molecule has 0 fully saturated rings. The molecule has 74 valence electrons. The van der Waals surface area contributed by atoms with E-state index in [9.17, 15) is 0 Å². The van der Waals surface area contributed by atoms with Crippen molar-refractivity contribution in [1.29, 1.82) is 0 Å². The van der Waals surface area contributed by atoms with Crippen LogP contribution in [0.3, 0.4) is 0 Å². The Morgan fingerprint density at radius 3 is 2.25 bits per heavy atom. The molecule has 0 saturated heterocycles. The maximum absolute atomic E-state index is 5.83. The van der Waals surface area contributed by atoms with Gasteiger partial charge in [-0.3, -0.25) is 0 Å². The van der Waals surface area contributed by atoms with Crippen molar-refractivity contribution in [3.63, 3.8) is 0 Å². The maximum Gasteiger partial charge on any atom is 0.0188 e. The van der Waals surface area contributed by atoms with Crippen molar-refractivity contribution in [3.8, 4) is 0 Å². The van der Waals surface area contributed by atoms with E-state index in [4.69, 9.17) is 11.5 Å². The second-order valence-electron chi connectivity index (χ2n) is 3.60. The molecule has 3 atom stereocenters. The molecule has 3 heteroatoms. The number of hydrogen-bond donors (Lipinski definition) is 3. The molecule has 0 bridgehead atoms. The molecule has 0 aliphatic heterocycles. The van der Waals surface area contributed by atoms with Crippen molar-refractivity contribution in [3.05, 3.63) is 0 Å². The summed E-state index contributed by atoms with van der Waals surface area (Å²) < 4.78 is 0. The molecule has 0 aliphatic carbocycles. The molecule has 0 rings (SSSR count). The van der Waals surface area contributed by atoms with Crippen LogP contribution in [0.1, 0.15) is 33.6 Å². The summed E-state index contributed by atoms with van der Waals surface area (Å²) in [7, 11) is 0. The Hall–Kier alpha value is -0.120. The summed E-state index contributed by atoms with van der Waals surface area (Å²) in [6, 6.07) is 0.822. The van der Waals surface area contributed by atoms with Crippen molar-refractivity contribution in [2.45, 2.75) is 51.7 Å². The van der Waals surface area contributed by atoms with E-state index in [-0.39, 0.29) is 12.1 Å². The van der Waals surface area contributed by atoms with Gasteiger partial charge in [-0.05, 0) is 20.3 Å². The van der Waals surface area contributed by atoms with Gasteiger partial charge in [0.2, 0.25) is 0 Å². The zero-order valence-electron chi connectivity index (χ0n) is 8.51. The minimum atomic E-state index is 0.193. The van der Waals surface area contributed by atoms with E-state index in [1.807, 2.05) is 6.92 Å². The van der Waals surface area contributed by atoms with Crippen LogP contribution in [0.4, 0.5) is 0 Å². The van der Waals surface area contributed by atoms with Crippen LogP contribution < -0.4 is 16.8 Å². The summed E-state index contributed by atoms with van der Waals surface area (Å²) in [5, 5.41) is 3.32. The highest BCUT2D eigenvalue weighted by atomic mass is 15.0. The fourth-order valence-corrected chi connectivity index (χ4v) is 0.996. The second kappa shape index (κ2) is 6.40. The van der Waals surface area contributed by atoms with Gasteiger partial charge < -0.3 is 16.8 Å². The first-order valence-electron chi connectivity index (χ1n) is 4.82. The lowest BCUT2D eigenvalue weighted by Gasteiger charge is -2.20. The molecular formula is C9H23N3. The average molecular weight is 173 g/mol. The van der Waals surface area contributed by atoms with Gasteiger partial charge in [-0.25, -0.2) is 0 Å². The molecule has 0 amide bonds. The first kappa shape index (κ1) is 11.9. The van der Waals surface area contributed by atoms with Crippen LogP contribution in [0.5, 0.6) is 0 Å². The topological polar surface area (TPSA) is 64.1 Å². The third kappa shape index (κ3) is 5.52. The molecule has 0 saturated carbocycles. The molecule has 0 aromatic heterocycles. The van der Waals surface area contributed by atoms with Crippen LogP contribution in [0.25, 0.3) is 0 Å². The van der Waals surface area contributed by atoms with Crippen LogP contribution in [0, 0.1) is 0 Å². The standard InChI is InChI=1S/C9H23N3/c1-4-5-9(11)6-12-8(3)7(2)10/h7-9,12H,4-6,10-11H2,1-3H3. The first-order chi connectivity index (χ1) is 5.57. The second-order valence-corrected chi connectivity index (χ2v) is 3.60. The molecule has 3 nitrogen and oxygen atoms in total. The SMILES string of the molecule is CCCC(N)CNC(C)C(C)N. The van der Waals surface area contributed by atoms with Gasteiger partial charge in [0.1, 0.15) is 0 Å². The van der Waals surface area contributed by atoms with Gasteiger partial charge in [0.05, 0.1) is 0 Å². The Morgan fingerprint density at radius 1 is 1.25 bits per heavy atom. The third-order valence-corrected chi connectivity index (χ3v) is 2.15. The Labute approximate surface area is 75.9 Å². The van der Waals surface area contributed by atoms with Crippen molar-refractivity contribution in [1.82, 2.24) is 5.32 Å². The molecular weight excluding hydrogens is 150 g/mol. The lowest BCUT2D eigenvalue weighted by Crippen LogP contribution is -2.45. The predicted octanol–water partition coefficient (Wildman–Crippen LogP) is 0.439. The molecule has 0 spiro atoms. The summed E-state index contributed by atoms with van der Waals surface area (Å²) in [5.41, 5.74) is 11.5. The van der Waals surface area contributed by atoms with Crippen molar-refractivity contribution < 1.29 is 0 Å². The number of rotatable bonds is 6. The van der Waals surface area contributed by atoms with E-state index in [2.05, 4.69) is 19.2 Å². The number of hydrogen-bond acceptors (Lipinski definition) is 3. The van der Waals surface area contributed by atoms with E-state index >= 15 is 0 Å². The highest BCUT2D eigenvalue weighted by Crippen LogP contribution is 1.93. The molecule has 3 unspecified atom stereocenters. The molecule has 0 aromatic carbocycles. The van der Waals surface area contributed by atoms with E-state index in [0.717, 1.165) is 19.4 Å². The lowest BCUT2D eigenvalue weighted by molar-refractivity contribution is 0.442. The summed E-state index contributed by atoms with van der Waals surface area (Å²) >= 11 is 0. The average Bonchev–Trinajstić information content (AvgIpc) is 2.00. The minimum absolute atomic E-state index is 0.193. The van der Waals surface area contributed by atoms with Gasteiger partial charge in [-0.2, -0.15) is 0 Å². The van der Waals surface area contributed by atoms with Gasteiger partial charge in [-0.1, -0.05) is 13.3 Å². The van der Waals surface area contributed by atoms with Gasteiger partial charge in [-0.15, -0.1) is 0 Å². The monoisotopic (exact) mass is 173 g/mol. The highest BCUT2D eigenvalue weighted by Gasteiger charge is 2.07. The summed E-state index contributed by atoms with van der Waals surface area (Å²) in [6.45, 7) is 7.11. The minimum Gasteiger partial charge on any atom is -0.327 e. The number of nitrogens with two attached hydrogens (primary N) is 2. The van der Waals surface area contributed by atoms with Crippen LogP contribution in [-0.2, 0) is 0 Å². The summed E-state index contributed by atoms with van der Waals surface area (Å²) in [6.07, 6.45) is 2.23. The fraction of sp³-hybridized carbons (Fsp3) is 1.00. The fourth-order valence-electron chi connectivity index (χ4n) is 0.996. The maximum atomic E-state index is 5.83. The summed E-state index contributed by atoms with van der Waals surface area (Å²) in [5.74, 6) is 0. The third-order valence-electron chi connectivity index (χ3n) is 2.15. The first-order valence-corrected chi connectivity index (χ1v) is 4.82. The predicted molar refractivity (Wildman–Crippen MR) is 54.0 cm³/mol. The van der Waals surface area contributed by atoms with Crippen LogP contribution >= 0.6 is 0 Å². The van der Waals surface area contributed by atoms with E-state index in [0.29, 0.717) is 6.04 Å². The lowest BCUT2D eigenvalue weighted by atomic mass is 10.1. The quantitative estimate of drug-likeness (QED) is 0.546. The van der Waals surface area contributed by atoms with Crippen LogP contribution in [0.15, 0.2) is 0 Å². The van der Waals surface area contributed by atoms with E-state index in [1.165, 1.54) is 0 Å². The largest absolute Gasteiger partial charge is 0.327 e. The van der Waals surface area contributed by atoms with Gasteiger partial charge in [0, 0.05) is 24.7 Å². The van der Waals surface area contributed by atoms with Crippen molar-refractivity contribution >= 4 is 0 Å². The molecule has 0 aromatic rings. The Kier molecular flexibility index (Phi) is 6.34. The van der Waals surface area contributed by atoms with Crippen LogP contribution in [0.2, 0.25) is 0 Å². The van der Waals surface area contributed by atoms with E-state index in [1.54, 1.807) is 0 Å². The Bertz CT molecular complexity index is 104. The zero-order valence-corrected chi connectivity index (χ0v) is 8.51. The Balaban J connectivity index is 3.40. The van der Waals surface area contributed by atoms with Crippen molar-refractivity contribution in [2.24, 2.45) is 11.5 Å². The molecule has 5 N–H and O–H groups in total. The van der Waals surface area contributed by atoms with Gasteiger partial charge >= 0.3 is 0 Å². The van der Waals surface area contributed by atoms with E-state index < -0.39 is 0 Å². The smallest absolute Gasteiger partial charge is 0.0188 e. The highest BCUT2D eigenvalue weighted by molar-refractivity contribution is 4.73.